The van der Waals surface area contributed by atoms with E-state index in [0.29, 0.717) is 23.3 Å². The SMILES string of the molecule is Cc1nc(Nc2ccccc2)cc(C(=O)Nc2c(C)cccc2C(C)C)n1. The zero-order valence-electron chi connectivity index (χ0n) is 16.1. The quantitative estimate of drug-likeness (QED) is 0.655. The highest BCUT2D eigenvalue weighted by Crippen LogP contribution is 2.28. The fraction of sp³-hybridized carbons (Fsp3) is 0.227. The lowest BCUT2D eigenvalue weighted by atomic mass is 9.98. The molecule has 0 saturated heterocycles. The number of benzene rings is 2. The van der Waals surface area contributed by atoms with Crippen LogP contribution < -0.4 is 10.6 Å². The number of nitrogens with zero attached hydrogens (tertiary/aromatic N) is 2. The van der Waals surface area contributed by atoms with Crippen LogP contribution in [0.2, 0.25) is 0 Å². The Labute approximate surface area is 159 Å². The van der Waals surface area contributed by atoms with E-state index in [2.05, 4.69) is 34.4 Å². The molecule has 1 heterocycles. The second-order valence-corrected chi connectivity index (χ2v) is 6.82. The molecule has 2 aromatic carbocycles. The fourth-order valence-electron chi connectivity index (χ4n) is 2.94. The van der Waals surface area contributed by atoms with Gasteiger partial charge in [0.15, 0.2) is 0 Å². The topological polar surface area (TPSA) is 66.9 Å². The second kappa shape index (κ2) is 7.99. The predicted octanol–water partition coefficient (Wildman–Crippen LogP) is 5.21. The van der Waals surface area contributed by atoms with Crippen molar-refractivity contribution in [3.05, 3.63) is 77.2 Å². The molecule has 0 radical (unpaired) electrons. The first-order valence-electron chi connectivity index (χ1n) is 9.02. The van der Waals surface area contributed by atoms with Crippen LogP contribution in [-0.2, 0) is 0 Å². The summed E-state index contributed by atoms with van der Waals surface area (Å²) in [5, 5.41) is 6.25. The summed E-state index contributed by atoms with van der Waals surface area (Å²) in [6, 6.07) is 17.4. The van der Waals surface area contributed by atoms with Crippen molar-refractivity contribution in [3.8, 4) is 0 Å². The van der Waals surface area contributed by atoms with E-state index in [4.69, 9.17) is 0 Å². The third kappa shape index (κ3) is 4.50. The van der Waals surface area contributed by atoms with Crippen LogP contribution in [0.3, 0.4) is 0 Å². The minimum atomic E-state index is -0.243. The molecule has 0 bridgehead atoms. The van der Waals surface area contributed by atoms with Crippen molar-refractivity contribution in [2.45, 2.75) is 33.6 Å². The molecule has 0 unspecified atom stereocenters. The highest BCUT2D eigenvalue weighted by Gasteiger charge is 2.15. The van der Waals surface area contributed by atoms with E-state index < -0.39 is 0 Å². The molecule has 138 valence electrons. The number of carbonyl (C=O) groups excluding carboxylic acids is 1. The van der Waals surface area contributed by atoms with Crippen LogP contribution in [0.25, 0.3) is 0 Å². The van der Waals surface area contributed by atoms with Gasteiger partial charge >= 0.3 is 0 Å². The van der Waals surface area contributed by atoms with Gasteiger partial charge in [-0.1, -0.05) is 50.2 Å². The molecule has 1 aromatic heterocycles. The highest BCUT2D eigenvalue weighted by molar-refractivity contribution is 6.04. The number of hydrogen-bond donors (Lipinski definition) is 2. The van der Waals surface area contributed by atoms with Crippen molar-refractivity contribution in [1.82, 2.24) is 9.97 Å². The molecular formula is C22H24N4O. The average Bonchev–Trinajstić information content (AvgIpc) is 2.63. The van der Waals surface area contributed by atoms with Crippen LogP contribution in [-0.4, -0.2) is 15.9 Å². The van der Waals surface area contributed by atoms with E-state index in [1.54, 1.807) is 13.0 Å². The molecule has 0 aliphatic heterocycles. The fourth-order valence-corrected chi connectivity index (χ4v) is 2.94. The van der Waals surface area contributed by atoms with E-state index in [1.165, 1.54) is 0 Å². The van der Waals surface area contributed by atoms with Gasteiger partial charge in [-0.2, -0.15) is 0 Å². The molecule has 5 heteroatoms. The summed E-state index contributed by atoms with van der Waals surface area (Å²) in [5.41, 5.74) is 4.23. The number of aryl methyl sites for hydroxylation is 2. The maximum Gasteiger partial charge on any atom is 0.274 e. The molecule has 0 atom stereocenters. The number of amides is 1. The molecule has 1 amide bonds. The molecule has 0 saturated carbocycles. The van der Waals surface area contributed by atoms with E-state index in [-0.39, 0.29) is 5.91 Å². The standard InChI is InChI=1S/C22H24N4O/c1-14(2)18-12-8-9-15(3)21(18)26-22(27)19-13-20(24-16(4)23-19)25-17-10-6-5-7-11-17/h5-14H,1-4H3,(H,26,27)(H,23,24,25). The first-order chi connectivity index (χ1) is 12.9. The minimum absolute atomic E-state index is 0.243. The summed E-state index contributed by atoms with van der Waals surface area (Å²) in [6.45, 7) is 8.00. The van der Waals surface area contributed by atoms with Crippen LogP contribution in [0.4, 0.5) is 17.2 Å². The number of anilines is 3. The van der Waals surface area contributed by atoms with Crippen LogP contribution in [0.5, 0.6) is 0 Å². The lowest BCUT2D eigenvalue weighted by molar-refractivity contribution is 0.102. The monoisotopic (exact) mass is 360 g/mol. The lowest BCUT2D eigenvalue weighted by Crippen LogP contribution is -2.17. The second-order valence-electron chi connectivity index (χ2n) is 6.82. The molecule has 0 fully saturated rings. The summed E-state index contributed by atoms with van der Waals surface area (Å²) in [4.78, 5) is 21.6. The number of carbonyl (C=O) groups is 1. The van der Waals surface area contributed by atoms with Gasteiger partial charge in [0, 0.05) is 17.4 Å². The maximum atomic E-state index is 12.9. The average molecular weight is 360 g/mol. The summed E-state index contributed by atoms with van der Waals surface area (Å²) >= 11 is 0. The van der Waals surface area contributed by atoms with Gasteiger partial charge in [-0.25, -0.2) is 9.97 Å². The number of aromatic nitrogens is 2. The Kier molecular flexibility index (Phi) is 5.50. The van der Waals surface area contributed by atoms with Gasteiger partial charge in [-0.3, -0.25) is 4.79 Å². The normalized spacial score (nSPS) is 10.7. The van der Waals surface area contributed by atoms with E-state index in [1.807, 2.05) is 55.5 Å². The Hall–Kier alpha value is -3.21. The lowest BCUT2D eigenvalue weighted by Gasteiger charge is -2.16. The molecule has 3 aromatic rings. The van der Waals surface area contributed by atoms with Crippen molar-refractivity contribution >= 4 is 23.1 Å². The molecule has 0 aliphatic rings. The van der Waals surface area contributed by atoms with Crippen molar-refractivity contribution in [3.63, 3.8) is 0 Å². The molecule has 0 spiro atoms. The van der Waals surface area contributed by atoms with Gasteiger partial charge < -0.3 is 10.6 Å². The summed E-state index contributed by atoms with van der Waals surface area (Å²) < 4.78 is 0. The Balaban J connectivity index is 1.88. The van der Waals surface area contributed by atoms with Gasteiger partial charge in [0.05, 0.1) is 0 Å². The van der Waals surface area contributed by atoms with Gasteiger partial charge in [0.25, 0.3) is 5.91 Å². The molecule has 27 heavy (non-hydrogen) atoms. The zero-order valence-corrected chi connectivity index (χ0v) is 16.1. The van der Waals surface area contributed by atoms with Crippen LogP contribution >= 0.6 is 0 Å². The number of para-hydroxylation sites is 2. The highest BCUT2D eigenvalue weighted by atomic mass is 16.1. The molecule has 5 nitrogen and oxygen atoms in total. The van der Waals surface area contributed by atoms with Crippen LogP contribution in [0.15, 0.2) is 54.6 Å². The third-order valence-electron chi connectivity index (χ3n) is 4.28. The predicted molar refractivity (Wildman–Crippen MR) is 110 cm³/mol. The third-order valence-corrected chi connectivity index (χ3v) is 4.28. The van der Waals surface area contributed by atoms with Crippen molar-refractivity contribution in [2.75, 3.05) is 10.6 Å². The van der Waals surface area contributed by atoms with Crippen LogP contribution in [0, 0.1) is 13.8 Å². The Morgan fingerprint density at radius 2 is 1.70 bits per heavy atom. The molecule has 0 aliphatic carbocycles. The molecule has 2 N–H and O–H groups in total. The smallest absolute Gasteiger partial charge is 0.274 e. The minimum Gasteiger partial charge on any atom is -0.340 e. The summed E-state index contributed by atoms with van der Waals surface area (Å²) in [7, 11) is 0. The van der Waals surface area contributed by atoms with E-state index in [0.717, 1.165) is 22.5 Å². The van der Waals surface area contributed by atoms with E-state index >= 15 is 0 Å². The van der Waals surface area contributed by atoms with Crippen molar-refractivity contribution in [1.29, 1.82) is 0 Å². The maximum absolute atomic E-state index is 12.9. The first kappa shape index (κ1) is 18.6. The van der Waals surface area contributed by atoms with Gasteiger partial charge in [-0.05, 0) is 43.0 Å². The molecular weight excluding hydrogens is 336 g/mol. The molecule has 3 rings (SSSR count). The first-order valence-corrected chi connectivity index (χ1v) is 9.02. The largest absolute Gasteiger partial charge is 0.340 e. The van der Waals surface area contributed by atoms with E-state index in [9.17, 15) is 4.79 Å². The number of hydrogen-bond acceptors (Lipinski definition) is 4. The van der Waals surface area contributed by atoms with Gasteiger partial charge in [0.2, 0.25) is 0 Å². The van der Waals surface area contributed by atoms with Crippen LogP contribution in [0.1, 0.15) is 47.2 Å². The summed E-state index contributed by atoms with van der Waals surface area (Å²) in [5.74, 6) is 1.19. The Morgan fingerprint density at radius 1 is 0.963 bits per heavy atom. The summed E-state index contributed by atoms with van der Waals surface area (Å²) in [6.07, 6.45) is 0. The number of nitrogens with one attached hydrogen (secondary N) is 2. The Morgan fingerprint density at radius 3 is 2.41 bits per heavy atom. The van der Waals surface area contributed by atoms with Gasteiger partial charge in [0.1, 0.15) is 17.3 Å². The number of rotatable bonds is 5. The van der Waals surface area contributed by atoms with Crippen molar-refractivity contribution < 1.29 is 4.79 Å². The van der Waals surface area contributed by atoms with Crippen molar-refractivity contribution in [2.24, 2.45) is 0 Å². The Bertz CT molecular complexity index is 952. The zero-order chi connectivity index (χ0) is 19.4. The van der Waals surface area contributed by atoms with Gasteiger partial charge in [-0.15, -0.1) is 0 Å².